The lowest BCUT2D eigenvalue weighted by Gasteiger charge is -2.32. The number of dihydropyridines is 1. The summed E-state index contributed by atoms with van der Waals surface area (Å²) >= 11 is 0. The molecule has 3 rings (SSSR count). The van der Waals surface area contributed by atoms with Crippen LogP contribution < -0.4 is 0 Å². The predicted octanol–water partition coefficient (Wildman–Crippen LogP) is 2.87. The highest BCUT2D eigenvalue weighted by atomic mass is 16.5. The molecule has 1 heterocycles. The largest absolute Gasteiger partial charge is 0.468 e. The summed E-state index contributed by atoms with van der Waals surface area (Å²) in [6.07, 6.45) is 4.78. The molecule has 98 valence electrons. The summed E-state index contributed by atoms with van der Waals surface area (Å²) in [6.45, 7) is 0.665. The standard InChI is InChI=1S/C16H17NO2/c1-19-15(18)16-10-5-8-14(16)17-11-9-13(16)12-6-3-2-4-7-12/h2-4,6-7,9H,5,8,10-11H2,1H3. The van der Waals surface area contributed by atoms with Crippen LogP contribution in [0.1, 0.15) is 24.8 Å². The van der Waals surface area contributed by atoms with Crippen LogP contribution in [0.2, 0.25) is 0 Å². The third-order valence-electron chi connectivity index (χ3n) is 4.11. The highest BCUT2D eigenvalue weighted by molar-refractivity contribution is 6.18. The average Bonchev–Trinajstić information content (AvgIpc) is 2.92. The molecule has 0 spiro atoms. The summed E-state index contributed by atoms with van der Waals surface area (Å²) < 4.78 is 5.09. The minimum absolute atomic E-state index is 0.168. The molecule has 1 aliphatic heterocycles. The Morgan fingerprint density at radius 3 is 2.84 bits per heavy atom. The molecule has 1 unspecified atom stereocenters. The van der Waals surface area contributed by atoms with Crippen LogP contribution in [-0.2, 0) is 9.53 Å². The number of rotatable bonds is 2. The highest BCUT2D eigenvalue weighted by Crippen LogP contribution is 2.49. The molecule has 1 aromatic rings. The molecule has 19 heavy (non-hydrogen) atoms. The number of esters is 1. The second kappa shape index (κ2) is 4.65. The molecular weight excluding hydrogens is 238 g/mol. The number of benzene rings is 1. The van der Waals surface area contributed by atoms with Gasteiger partial charge in [-0.05, 0) is 30.4 Å². The minimum atomic E-state index is -0.631. The van der Waals surface area contributed by atoms with Crippen LogP contribution >= 0.6 is 0 Å². The van der Waals surface area contributed by atoms with Crippen molar-refractivity contribution in [3.63, 3.8) is 0 Å². The number of ether oxygens (including phenoxy) is 1. The Labute approximate surface area is 113 Å². The Balaban J connectivity index is 2.13. The third kappa shape index (κ3) is 1.72. The average molecular weight is 255 g/mol. The van der Waals surface area contributed by atoms with Gasteiger partial charge in [0.1, 0.15) is 5.41 Å². The molecule has 1 fully saturated rings. The zero-order chi connectivity index (χ0) is 13.3. The van der Waals surface area contributed by atoms with E-state index in [0.717, 1.165) is 36.1 Å². The van der Waals surface area contributed by atoms with Crippen molar-refractivity contribution in [3.8, 4) is 0 Å². The number of hydrogen-bond donors (Lipinski definition) is 0. The molecule has 0 radical (unpaired) electrons. The third-order valence-corrected chi connectivity index (χ3v) is 4.11. The molecule has 0 saturated heterocycles. The lowest BCUT2D eigenvalue weighted by atomic mass is 9.73. The number of carbonyl (C=O) groups excluding carboxylic acids is 1. The molecule has 1 aromatic carbocycles. The van der Waals surface area contributed by atoms with E-state index in [-0.39, 0.29) is 5.97 Å². The maximum absolute atomic E-state index is 12.4. The van der Waals surface area contributed by atoms with E-state index in [1.165, 1.54) is 7.11 Å². The summed E-state index contributed by atoms with van der Waals surface area (Å²) in [4.78, 5) is 17.0. The van der Waals surface area contributed by atoms with Crippen molar-refractivity contribution in [1.82, 2.24) is 0 Å². The van der Waals surface area contributed by atoms with E-state index in [4.69, 9.17) is 4.74 Å². The number of hydrogen-bond acceptors (Lipinski definition) is 3. The number of fused-ring (bicyclic) bond motifs is 1. The van der Waals surface area contributed by atoms with Crippen LogP contribution in [0, 0.1) is 5.41 Å². The first kappa shape index (κ1) is 12.2. The van der Waals surface area contributed by atoms with Gasteiger partial charge in [0.25, 0.3) is 0 Å². The van der Waals surface area contributed by atoms with E-state index in [9.17, 15) is 4.79 Å². The summed E-state index contributed by atoms with van der Waals surface area (Å²) in [5.41, 5.74) is 2.54. The Kier molecular flexibility index (Phi) is 2.97. The van der Waals surface area contributed by atoms with Crippen LogP contribution in [0.5, 0.6) is 0 Å². The Hall–Kier alpha value is -1.90. The van der Waals surface area contributed by atoms with Crippen molar-refractivity contribution in [2.75, 3.05) is 13.7 Å². The van der Waals surface area contributed by atoms with Crippen LogP contribution in [-0.4, -0.2) is 25.3 Å². The number of carbonyl (C=O) groups is 1. The highest BCUT2D eigenvalue weighted by Gasteiger charge is 2.51. The van der Waals surface area contributed by atoms with Gasteiger partial charge in [-0.25, -0.2) is 0 Å². The van der Waals surface area contributed by atoms with Crippen LogP contribution in [0.15, 0.2) is 41.4 Å². The molecule has 1 saturated carbocycles. The van der Waals surface area contributed by atoms with E-state index in [2.05, 4.69) is 23.2 Å². The van der Waals surface area contributed by atoms with E-state index < -0.39 is 5.41 Å². The molecule has 1 aliphatic carbocycles. The fourth-order valence-electron chi connectivity index (χ4n) is 3.29. The van der Waals surface area contributed by atoms with Crippen molar-refractivity contribution in [3.05, 3.63) is 42.0 Å². The summed E-state index contributed by atoms with van der Waals surface area (Å²) in [5, 5.41) is 0. The quantitative estimate of drug-likeness (QED) is 0.762. The van der Waals surface area contributed by atoms with Crippen molar-refractivity contribution >= 4 is 17.3 Å². The fraction of sp³-hybridized carbons (Fsp3) is 0.375. The van der Waals surface area contributed by atoms with Gasteiger partial charge in [-0.3, -0.25) is 9.79 Å². The number of methoxy groups -OCH3 is 1. The first-order chi connectivity index (χ1) is 9.29. The van der Waals surface area contributed by atoms with Crippen molar-refractivity contribution in [2.45, 2.75) is 19.3 Å². The SMILES string of the molecule is COC(=O)C12CCCC1=NCC=C2c1ccccc1. The summed E-state index contributed by atoms with van der Waals surface area (Å²) in [6, 6.07) is 10.1. The van der Waals surface area contributed by atoms with E-state index in [1.54, 1.807) is 0 Å². The second-order valence-corrected chi connectivity index (χ2v) is 5.02. The van der Waals surface area contributed by atoms with Crippen LogP contribution in [0.25, 0.3) is 5.57 Å². The van der Waals surface area contributed by atoms with Gasteiger partial charge < -0.3 is 4.74 Å². The minimum Gasteiger partial charge on any atom is -0.468 e. The molecule has 0 amide bonds. The normalized spacial score (nSPS) is 25.3. The Morgan fingerprint density at radius 1 is 1.32 bits per heavy atom. The fourth-order valence-corrected chi connectivity index (χ4v) is 3.29. The molecule has 2 aliphatic rings. The summed E-state index contributed by atoms with van der Waals surface area (Å²) in [7, 11) is 1.46. The van der Waals surface area contributed by atoms with Crippen molar-refractivity contribution in [1.29, 1.82) is 0 Å². The Morgan fingerprint density at radius 2 is 2.11 bits per heavy atom. The molecular formula is C16H17NO2. The van der Waals surface area contributed by atoms with Gasteiger partial charge in [0.05, 0.1) is 13.7 Å². The zero-order valence-electron chi connectivity index (χ0n) is 11.1. The predicted molar refractivity (Wildman–Crippen MR) is 75.0 cm³/mol. The molecule has 0 bridgehead atoms. The van der Waals surface area contributed by atoms with E-state index >= 15 is 0 Å². The number of aliphatic imine (C=N–C) groups is 1. The van der Waals surface area contributed by atoms with Gasteiger partial charge in [0.15, 0.2) is 0 Å². The first-order valence-corrected chi connectivity index (χ1v) is 6.67. The van der Waals surface area contributed by atoms with Crippen molar-refractivity contribution < 1.29 is 9.53 Å². The molecule has 1 atom stereocenters. The topological polar surface area (TPSA) is 38.7 Å². The van der Waals surface area contributed by atoms with Crippen LogP contribution in [0.4, 0.5) is 0 Å². The Bertz CT molecular complexity index is 559. The first-order valence-electron chi connectivity index (χ1n) is 6.67. The van der Waals surface area contributed by atoms with E-state index in [1.807, 2.05) is 18.2 Å². The van der Waals surface area contributed by atoms with E-state index in [0.29, 0.717) is 6.54 Å². The van der Waals surface area contributed by atoms with Gasteiger partial charge in [-0.1, -0.05) is 36.4 Å². The molecule has 3 heteroatoms. The number of nitrogens with zero attached hydrogens (tertiary/aromatic N) is 1. The zero-order valence-corrected chi connectivity index (χ0v) is 11.1. The van der Waals surface area contributed by atoms with Crippen molar-refractivity contribution in [2.24, 2.45) is 10.4 Å². The maximum Gasteiger partial charge on any atom is 0.322 e. The molecule has 3 nitrogen and oxygen atoms in total. The van der Waals surface area contributed by atoms with Gasteiger partial charge in [0, 0.05) is 5.71 Å². The van der Waals surface area contributed by atoms with Gasteiger partial charge in [0.2, 0.25) is 0 Å². The van der Waals surface area contributed by atoms with Gasteiger partial charge in [-0.2, -0.15) is 0 Å². The maximum atomic E-state index is 12.4. The molecule has 0 N–H and O–H groups in total. The monoisotopic (exact) mass is 255 g/mol. The molecule has 0 aromatic heterocycles. The van der Waals surface area contributed by atoms with Crippen LogP contribution in [0.3, 0.4) is 0 Å². The van der Waals surface area contributed by atoms with Gasteiger partial charge >= 0.3 is 5.97 Å². The lowest BCUT2D eigenvalue weighted by molar-refractivity contribution is -0.145. The lowest BCUT2D eigenvalue weighted by Crippen LogP contribution is -2.39. The summed E-state index contributed by atoms with van der Waals surface area (Å²) in [5.74, 6) is -0.168. The smallest absolute Gasteiger partial charge is 0.322 e. The second-order valence-electron chi connectivity index (χ2n) is 5.02. The van der Waals surface area contributed by atoms with Gasteiger partial charge in [-0.15, -0.1) is 0 Å².